The van der Waals surface area contributed by atoms with Crippen LogP contribution in [0.15, 0.2) is 24.3 Å². The molecule has 0 unspecified atom stereocenters. The number of hydrogen-bond donors (Lipinski definition) is 0. The molecule has 0 fully saturated rings. The van der Waals surface area contributed by atoms with E-state index < -0.39 is 0 Å². The van der Waals surface area contributed by atoms with Gasteiger partial charge >= 0.3 is 5.97 Å². The van der Waals surface area contributed by atoms with Gasteiger partial charge in [0.15, 0.2) is 0 Å². The monoisotopic (exact) mass is 194 g/mol. The van der Waals surface area contributed by atoms with Gasteiger partial charge in [0.2, 0.25) is 0 Å². The minimum atomic E-state index is -0.0745. The van der Waals surface area contributed by atoms with Crippen LogP contribution in [0.4, 0.5) is 0 Å². The predicted molar refractivity (Wildman–Crippen MR) is 56.9 cm³/mol. The average molecular weight is 194 g/mol. The third-order valence-corrected chi connectivity index (χ3v) is 2.34. The third kappa shape index (κ3) is 4.26. The maximum atomic E-state index is 11.2. The molecule has 0 bridgehead atoms. The summed E-state index contributed by atoms with van der Waals surface area (Å²) in [5.41, 5.74) is 1.24. The first kappa shape index (κ1) is 11.0. The molecule has 0 aromatic rings. The van der Waals surface area contributed by atoms with Gasteiger partial charge in [0.25, 0.3) is 0 Å². The summed E-state index contributed by atoms with van der Waals surface area (Å²) in [6.07, 6.45) is 9.70. The van der Waals surface area contributed by atoms with E-state index in [0.29, 0.717) is 13.0 Å². The summed E-state index contributed by atoms with van der Waals surface area (Å²) in [5, 5.41) is 0. The van der Waals surface area contributed by atoms with Gasteiger partial charge in [-0.05, 0) is 32.1 Å². The van der Waals surface area contributed by atoms with E-state index in [1.807, 2.05) is 6.08 Å². The Morgan fingerprint density at radius 3 is 2.93 bits per heavy atom. The Hall–Kier alpha value is -1.05. The second kappa shape index (κ2) is 6.41. The molecule has 14 heavy (non-hydrogen) atoms. The lowest BCUT2D eigenvalue weighted by Gasteiger charge is -2.13. The van der Waals surface area contributed by atoms with Crippen molar-refractivity contribution in [2.24, 2.45) is 0 Å². The lowest BCUT2D eigenvalue weighted by Crippen LogP contribution is -2.09. The van der Waals surface area contributed by atoms with E-state index in [1.54, 1.807) is 0 Å². The van der Waals surface area contributed by atoms with Crippen LogP contribution in [0.3, 0.4) is 0 Å². The quantitative estimate of drug-likeness (QED) is 0.354. The van der Waals surface area contributed by atoms with Crippen molar-refractivity contribution >= 4 is 5.97 Å². The number of ether oxygens (including phenoxy) is 1. The number of rotatable bonds is 7. The average Bonchev–Trinajstić information content (AvgIpc) is 2.11. The smallest absolute Gasteiger partial charge is 0.309 e. The van der Waals surface area contributed by atoms with Gasteiger partial charge in [0, 0.05) is 0 Å². The molecule has 0 aromatic carbocycles. The molecule has 0 saturated carbocycles. The molecular formula is C12H18O2. The van der Waals surface area contributed by atoms with Crippen molar-refractivity contribution in [3.8, 4) is 0 Å². The van der Waals surface area contributed by atoms with E-state index in [0.717, 1.165) is 32.1 Å². The van der Waals surface area contributed by atoms with Crippen LogP contribution in [-0.4, -0.2) is 12.6 Å². The largest absolute Gasteiger partial charge is 0.465 e. The molecule has 78 valence electrons. The van der Waals surface area contributed by atoms with Crippen LogP contribution >= 0.6 is 0 Å². The number of esters is 1. The van der Waals surface area contributed by atoms with Crippen molar-refractivity contribution in [2.75, 3.05) is 6.61 Å². The first-order chi connectivity index (χ1) is 6.83. The van der Waals surface area contributed by atoms with E-state index >= 15 is 0 Å². The molecule has 1 aliphatic rings. The molecule has 0 heterocycles. The summed E-state index contributed by atoms with van der Waals surface area (Å²) in [4.78, 5) is 11.2. The Bertz CT molecular complexity index is 228. The van der Waals surface area contributed by atoms with E-state index in [2.05, 4.69) is 12.7 Å². The number of carbonyl (C=O) groups excluding carboxylic acids is 1. The topological polar surface area (TPSA) is 26.3 Å². The standard InChI is InChI=1S/C12H18O2/c1-2-3-4-5-9-14-12(13)10-11-7-6-8-11/h2,7H,1,3-6,8-10H2. The van der Waals surface area contributed by atoms with Crippen LogP contribution in [0.1, 0.15) is 38.5 Å². The molecule has 0 radical (unpaired) electrons. The molecule has 0 saturated heterocycles. The maximum Gasteiger partial charge on any atom is 0.309 e. The number of hydrogen-bond acceptors (Lipinski definition) is 2. The summed E-state index contributed by atoms with van der Waals surface area (Å²) in [6, 6.07) is 0. The van der Waals surface area contributed by atoms with Crippen LogP contribution in [-0.2, 0) is 9.53 Å². The second-order valence-corrected chi connectivity index (χ2v) is 3.58. The van der Waals surface area contributed by atoms with Crippen molar-refractivity contribution in [1.82, 2.24) is 0 Å². The van der Waals surface area contributed by atoms with E-state index in [1.165, 1.54) is 5.57 Å². The summed E-state index contributed by atoms with van der Waals surface area (Å²) >= 11 is 0. The van der Waals surface area contributed by atoms with Crippen molar-refractivity contribution < 1.29 is 9.53 Å². The van der Waals surface area contributed by atoms with Gasteiger partial charge in [0.1, 0.15) is 0 Å². The first-order valence-electron chi connectivity index (χ1n) is 5.27. The lowest BCUT2D eigenvalue weighted by molar-refractivity contribution is -0.143. The molecule has 0 N–H and O–H groups in total. The van der Waals surface area contributed by atoms with Crippen molar-refractivity contribution in [3.05, 3.63) is 24.3 Å². The Labute approximate surface area is 85.6 Å². The van der Waals surface area contributed by atoms with Gasteiger partial charge in [-0.1, -0.05) is 17.7 Å². The highest BCUT2D eigenvalue weighted by Gasteiger charge is 2.11. The zero-order valence-electron chi connectivity index (χ0n) is 8.63. The van der Waals surface area contributed by atoms with Crippen LogP contribution in [0, 0.1) is 0 Å². The fourth-order valence-electron chi connectivity index (χ4n) is 1.32. The first-order valence-corrected chi connectivity index (χ1v) is 5.27. The van der Waals surface area contributed by atoms with Crippen molar-refractivity contribution in [3.63, 3.8) is 0 Å². The van der Waals surface area contributed by atoms with Gasteiger partial charge in [-0.15, -0.1) is 6.58 Å². The molecule has 0 spiro atoms. The number of allylic oxidation sites excluding steroid dienone is 2. The van der Waals surface area contributed by atoms with Crippen LogP contribution in [0.5, 0.6) is 0 Å². The second-order valence-electron chi connectivity index (χ2n) is 3.58. The van der Waals surface area contributed by atoms with E-state index in [-0.39, 0.29) is 5.97 Å². The molecule has 0 aromatic heterocycles. The molecule has 1 rings (SSSR count). The highest BCUT2D eigenvalue weighted by molar-refractivity contribution is 5.72. The van der Waals surface area contributed by atoms with Crippen LogP contribution < -0.4 is 0 Å². The SMILES string of the molecule is C=CCCCCOC(=O)CC1=CCC1. The highest BCUT2D eigenvalue weighted by atomic mass is 16.5. The summed E-state index contributed by atoms with van der Waals surface area (Å²) in [7, 11) is 0. The Morgan fingerprint density at radius 1 is 1.57 bits per heavy atom. The van der Waals surface area contributed by atoms with Gasteiger partial charge < -0.3 is 4.74 Å². The van der Waals surface area contributed by atoms with Crippen molar-refractivity contribution in [2.45, 2.75) is 38.5 Å². The van der Waals surface area contributed by atoms with Gasteiger partial charge in [0.05, 0.1) is 13.0 Å². The van der Waals surface area contributed by atoms with Crippen molar-refractivity contribution in [1.29, 1.82) is 0 Å². The minimum Gasteiger partial charge on any atom is -0.465 e. The molecule has 0 aliphatic heterocycles. The Balaban J connectivity index is 1.95. The van der Waals surface area contributed by atoms with E-state index in [9.17, 15) is 4.79 Å². The van der Waals surface area contributed by atoms with Gasteiger partial charge in [-0.3, -0.25) is 4.79 Å². The van der Waals surface area contributed by atoms with Crippen LogP contribution in [0.25, 0.3) is 0 Å². The molecule has 2 heteroatoms. The molecular weight excluding hydrogens is 176 g/mol. The highest BCUT2D eigenvalue weighted by Crippen LogP contribution is 2.21. The van der Waals surface area contributed by atoms with Gasteiger partial charge in [-0.2, -0.15) is 0 Å². The zero-order valence-corrected chi connectivity index (χ0v) is 8.63. The predicted octanol–water partition coefficient (Wildman–Crippen LogP) is 3.00. The number of unbranched alkanes of at least 4 members (excludes halogenated alkanes) is 2. The Morgan fingerprint density at radius 2 is 2.36 bits per heavy atom. The van der Waals surface area contributed by atoms with E-state index in [4.69, 9.17) is 4.74 Å². The fourth-order valence-corrected chi connectivity index (χ4v) is 1.32. The number of carbonyl (C=O) groups is 1. The van der Waals surface area contributed by atoms with Gasteiger partial charge in [-0.25, -0.2) is 0 Å². The maximum absolute atomic E-state index is 11.2. The molecule has 1 aliphatic carbocycles. The molecule has 2 nitrogen and oxygen atoms in total. The Kier molecular flexibility index (Phi) is 5.05. The summed E-state index contributed by atoms with van der Waals surface area (Å²) in [6.45, 7) is 4.19. The zero-order chi connectivity index (χ0) is 10.2. The molecule has 0 atom stereocenters. The molecule has 0 amide bonds. The lowest BCUT2D eigenvalue weighted by atomic mass is 9.96. The normalized spacial score (nSPS) is 14.1. The minimum absolute atomic E-state index is 0.0745. The third-order valence-electron chi connectivity index (χ3n) is 2.34. The summed E-state index contributed by atoms with van der Waals surface area (Å²) in [5.74, 6) is -0.0745. The fraction of sp³-hybridized carbons (Fsp3) is 0.583. The summed E-state index contributed by atoms with van der Waals surface area (Å²) < 4.78 is 5.08. The van der Waals surface area contributed by atoms with Crippen LogP contribution in [0.2, 0.25) is 0 Å².